The van der Waals surface area contributed by atoms with Crippen molar-refractivity contribution in [3.63, 3.8) is 0 Å². The molecule has 1 heterocycles. The molecule has 0 aromatic heterocycles. The Kier molecular flexibility index (Phi) is 6.81. The van der Waals surface area contributed by atoms with Crippen molar-refractivity contribution >= 4 is 21.7 Å². The third kappa shape index (κ3) is 6.04. The first kappa shape index (κ1) is 19.2. The minimum atomic E-state index is -3.05. The summed E-state index contributed by atoms with van der Waals surface area (Å²) in [7, 11) is -3.05. The van der Waals surface area contributed by atoms with E-state index in [0.717, 1.165) is 0 Å². The molecule has 1 fully saturated rings. The number of carbonyl (C=O) groups is 2. The van der Waals surface area contributed by atoms with Crippen molar-refractivity contribution in [1.82, 2.24) is 10.2 Å². The van der Waals surface area contributed by atoms with Crippen LogP contribution in [0.4, 0.5) is 0 Å². The van der Waals surface area contributed by atoms with Crippen molar-refractivity contribution < 1.29 is 22.7 Å². The van der Waals surface area contributed by atoms with E-state index in [2.05, 4.69) is 5.32 Å². The normalized spacial score (nSPS) is 18.5. The van der Waals surface area contributed by atoms with Gasteiger partial charge in [-0.25, -0.2) is 8.42 Å². The van der Waals surface area contributed by atoms with Gasteiger partial charge in [0.1, 0.15) is 5.75 Å². The molecule has 8 heteroatoms. The fraction of sp³-hybridized carbons (Fsp3) is 0.529. The van der Waals surface area contributed by atoms with E-state index in [1.165, 1.54) is 4.90 Å². The fourth-order valence-electron chi connectivity index (χ4n) is 2.80. The predicted octanol–water partition coefficient (Wildman–Crippen LogP) is 0.607. The Bertz CT molecular complexity index is 690. The molecule has 1 aromatic carbocycles. The van der Waals surface area contributed by atoms with Crippen LogP contribution in [0.15, 0.2) is 30.3 Å². The first-order valence-electron chi connectivity index (χ1n) is 8.35. The van der Waals surface area contributed by atoms with Gasteiger partial charge in [-0.15, -0.1) is 0 Å². The van der Waals surface area contributed by atoms with Gasteiger partial charge in [-0.3, -0.25) is 9.59 Å². The van der Waals surface area contributed by atoms with Gasteiger partial charge in [0.25, 0.3) is 0 Å². The maximum atomic E-state index is 12.3. The van der Waals surface area contributed by atoms with Gasteiger partial charge in [0.05, 0.1) is 31.1 Å². The SMILES string of the molecule is CCN(C(=O)CNC(=O)CCOc1ccccc1)C1CCS(=O)(=O)C1. The highest BCUT2D eigenvalue weighted by molar-refractivity contribution is 7.91. The van der Waals surface area contributed by atoms with Crippen molar-refractivity contribution in [2.24, 2.45) is 0 Å². The molecule has 1 aliphatic rings. The number of rotatable bonds is 8. The third-order valence-corrected chi connectivity index (χ3v) is 5.84. The summed E-state index contributed by atoms with van der Waals surface area (Å²) in [6, 6.07) is 8.88. The second kappa shape index (κ2) is 8.84. The lowest BCUT2D eigenvalue weighted by molar-refractivity contribution is -0.134. The number of carbonyl (C=O) groups excluding carboxylic acids is 2. The summed E-state index contributed by atoms with van der Waals surface area (Å²) in [4.78, 5) is 25.6. The van der Waals surface area contributed by atoms with Crippen LogP contribution in [0.25, 0.3) is 0 Å². The highest BCUT2D eigenvalue weighted by atomic mass is 32.2. The molecular weight excluding hydrogens is 344 g/mol. The molecule has 0 saturated carbocycles. The maximum absolute atomic E-state index is 12.3. The van der Waals surface area contributed by atoms with Crippen LogP contribution < -0.4 is 10.1 Å². The van der Waals surface area contributed by atoms with Crippen LogP contribution in [0.3, 0.4) is 0 Å². The lowest BCUT2D eigenvalue weighted by Crippen LogP contribution is -2.46. The average Bonchev–Trinajstić information content (AvgIpc) is 2.94. The summed E-state index contributed by atoms with van der Waals surface area (Å²) < 4.78 is 28.6. The topological polar surface area (TPSA) is 92.8 Å². The van der Waals surface area contributed by atoms with Crippen LogP contribution in [0.5, 0.6) is 5.75 Å². The smallest absolute Gasteiger partial charge is 0.242 e. The zero-order valence-corrected chi connectivity index (χ0v) is 15.1. The van der Waals surface area contributed by atoms with E-state index < -0.39 is 9.84 Å². The molecule has 25 heavy (non-hydrogen) atoms. The van der Waals surface area contributed by atoms with Crippen LogP contribution in [0.2, 0.25) is 0 Å². The highest BCUT2D eigenvalue weighted by Gasteiger charge is 2.33. The number of benzene rings is 1. The Hall–Kier alpha value is -2.09. The summed E-state index contributed by atoms with van der Waals surface area (Å²) in [5, 5.41) is 2.57. The zero-order chi connectivity index (χ0) is 18.3. The minimum Gasteiger partial charge on any atom is -0.493 e. The van der Waals surface area contributed by atoms with E-state index >= 15 is 0 Å². The van der Waals surface area contributed by atoms with E-state index in [1.807, 2.05) is 18.2 Å². The zero-order valence-electron chi connectivity index (χ0n) is 14.3. The van der Waals surface area contributed by atoms with Crippen LogP contribution in [-0.4, -0.2) is 62.4 Å². The van der Waals surface area contributed by atoms with Crippen LogP contribution in [0, 0.1) is 0 Å². The van der Waals surface area contributed by atoms with Gasteiger partial charge in [0.2, 0.25) is 11.8 Å². The maximum Gasteiger partial charge on any atom is 0.242 e. The number of likely N-dealkylation sites (N-methyl/N-ethyl adjacent to an activating group) is 1. The molecule has 2 rings (SSSR count). The third-order valence-electron chi connectivity index (χ3n) is 4.09. The molecule has 7 nitrogen and oxygen atoms in total. The summed E-state index contributed by atoms with van der Waals surface area (Å²) in [6.45, 7) is 2.32. The second-order valence-corrected chi connectivity index (χ2v) is 8.15. The largest absolute Gasteiger partial charge is 0.493 e. The fourth-order valence-corrected chi connectivity index (χ4v) is 4.53. The molecule has 0 radical (unpaired) electrons. The lowest BCUT2D eigenvalue weighted by Gasteiger charge is -2.27. The Morgan fingerprint density at radius 3 is 2.60 bits per heavy atom. The molecule has 1 aliphatic heterocycles. The van der Waals surface area contributed by atoms with Crippen molar-refractivity contribution in [3.8, 4) is 5.75 Å². The van der Waals surface area contributed by atoms with E-state index in [0.29, 0.717) is 18.7 Å². The molecule has 1 N–H and O–H groups in total. The number of nitrogens with one attached hydrogen (secondary N) is 1. The number of nitrogens with zero attached hydrogens (tertiary/aromatic N) is 1. The van der Waals surface area contributed by atoms with E-state index in [4.69, 9.17) is 4.74 Å². The molecule has 138 valence electrons. The van der Waals surface area contributed by atoms with Gasteiger partial charge < -0.3 is 15.0 Å². The van der Waals surface area contributed by atoms with E-state index in [9.17, 15) is 18.0 Å². The molecule has 1 aromatic rings. The lowest BCUT2D eigenvalue weighted by atomic mass is 10.2. The molecule has 1 atom stereocenters. The van der Waals surface area contributed by atoms with Crippen molar-refractivity contribution in [3.05, 3.63) is 30.3 Å². The van der Waals surface area contributed by atoms with E-state index in [1.54, 1.807) is 19.1 Å². The van der Waals surface area contributed by atoms with Crippen LogP contribution in [-0.2, 0) is 19.4 Å². The van der Waals surface area contributed by atoms with Crippen molar-refractivity contribution in [1.29, 1.82) is 0 Å². The summed E-state index contributed by atoms with van der Waals surface area (Å²) in [6.07, 6.45) is 0.604. The Balaban J connectivity index is 1.71. The molecule has 0 spiro atoms. The Morgan fingerprint density at radius 2 is 2.00 bits per heavy atom. The number of para-hydroxylation sites is 1. The van der Waals surface area contributed by atoms with Crippen molar-refractivity contribution in [2.45, 2.75) is 25.8 Å². The molecule has 1 unspecified atom stereocenters. The van der Waals surface area contributed by atoms with Gasteiger partial charge in [0.15, 0.2) is 9.84 Å². The first-order valence-corrected chi connectivity index (χ1v) is 10.2. The van der Waals surface area contributed by atoms with Gasteiger partial charge in [-0.2, -0.15) is 0 Å². The second-order valence-electron chi connectivity index (χ2n) is 5.92. The minimum absolute atomic E-state index is 0.00540. The molecular formula is C17H24N2O5S. The van der Waals surface area contributed by atoms with Crippen LogP contribution in [0.1, 0.15) is 19.8 Å². The number of sulfone groups is 1. The number of hydrogen-bond acceptors (Lipinski definition) is 5. The van der Waals surface area contributed by atoms with Gasteiger partial charge in [-0.05, 0) is 25.5 Å². The summed E-state index contributed by atoms with van der Waals surface area (Å²) in [5.74, 6) is 0.267. The quantitative estimate of drug-likeness (QED) is 0.726. The Labute approximate surface area is 148 Å². The Morgan fingerprint density at radius 1 is 1.28 bits per heavy atom. The predicted molar refractivity (Wildman–Crippen MR) is 94.0 cm³/mol. The number of hydrogen-bond donors (Lipinski definition) is 1. The highest BCUT2D eigenvalue weighted by Crippen LogP contribution is 2.17. The van der Waals surface area contributed by atoms with Gasteiger partial charge in [-0.1, -0.05) is 18.2 Å². The summed E-state index contributed by atoms with van der Waals surface area (Å²) in [5.41, 5.74) is 0. The first-order chi connectivity index (χ1) is 11.9. The average molecular weight is 368 g/mol. The molecule has 1 saturated heterocycles. The van der Waals surface area contributed by atoms with Crippen LogP contribution >= 0.6 is 0 Å². The van der Waals surface area contributed by atoms with Gasteiger partial charge >= 0.3 is 0 Å². The number of amides is 2. The number of ether oxygens (including phenoxy) is 1. The van der Waals surface area contributed by atoms with E-state index in [-0.39, 0.29) is 48.9 Å². The monoisotopic (exact) mass is 368 g/mol. The molecule has 0 bridgehead atoms. The summed E-state index contributed by atoms with van der Waals surface area (Å²) >= 11 is 0. The molecule has 2 amide bonds. The standard InChI is InChI=1S/C17H24N2O5S/c1-2-19(14-9-11-25(22,23)13-14)17(21)12-18-16(20)8-10-24-15-6-4-3-5-7-15/h3-7,14H,2,8-13H2,1H3,(H,18,20). The van der Waals surface area contributed by atoms with Crippen molar-refractivity contribution in [2.75, 3.05) is 31.2 Å². The molecule has 0 aliphatic carbocycles. The van der Waals surface area contributed by atoms with Gasteiger partial charge in [0, 0.05) is 12.6 Å².